The number of rotatable bonds is 4. The van der Waals surface area contributed by atoms with Crippen molar-refractivity contribution in [3.63, 3.8) is 0 Å². The molecule has 102 valence electrons. The maximum Gasteiger partial charge on any atom is 0.416 e. The minimum absolute atomic E-state index is 0.502. The van der Waals surface area contributed by atoms with Crippen molar-refractivity contribution in [1.29, 1.82) is 0 Å². The maximum atomic E-state index is 12.4. The molecule has 0 N–H and O–H groups in total. The van der Waals surface area contributed by atoms with Crippen molar-refractivity contribution in [2.24, 2.45) is 17.8 Å². The van der Waals surface area contributed by atoms with E-state index in [0.29, 0.717) is 17.8 Å². The van der Waals surface area contributed by atoms with Crippen molar-refractivity contribution in [2.45, 2.75) is 40.3 Å². The van der Waals surface area contributed by atoms with E-state index in [9.17, 15) is 13.2 Å². The average molecular weight is 258 g/mol. The third kappa shape index (κ3) is 4.04. The van der Waals surface area contributed by atoms with Gasteiger partial charge in [-0.1, -0.05) is 39.8 Å². The highest BCUT2D eigenvalue weighted by Gasteiger charge is 2.30. The van der Waals surface area contributed by atoms with Gasteiger partial charge in [0.2, 0.25) is 0 Å². The molecule has 0 bridgehead atoms. The van der Waals surface area contributed by atoms with Crippen LogP contribution >= 0.6 is 0 Å². The zero-order valence-corrected chi connectivity index (χ0v) is 11.4. The smallest absolute Gasteiger partial charge is 0.166 e. The van der Waals surface area contributed by atoms with E-state index in [-0.39, 0.29) is 0 Å². The fourth-order valence-electron chi connectivity index (χ4n) is 2.34. The normalized spacial score (nSPS) is 12.8. The molecule has 0 saturated heterocycles. The molecule has 0 aromatic heterocycles. The Morgan fingerprint density at radius 1 is 0.889 bits per heavy atom. The average Bonchev–Trinajstić information content (AvgIpc) is 2.24. The van der Waals surface area contributed by atoms with E-state index in [1.54, 1.807) is 12.1 Å². The maximum absolute atomic E-state index is 12.4. The van der Waals surface area contributed by atoms with Gasteiger partial charge in [0.1, 0.15) is 0 Å². The van der Waals surface area contributed by atoms with Crippen LogP contribution in [0.2, 0.25) is 0 Å². The minimum atomic E-state index is -4.24. The largest absolute Gasteiger partial charge is 0.416 e. The van der Waals surface area contributed by atoms with Crippen LogP contribution in [-0.4, -0.2) is 0 Å². The zero-order valence-electron chi connectivity index (χ0n) is 11.4. The first-order chi connectivity index (χ1) is 8.21. The number of hydrogen-bond acceptors (Lipinski definition) is 0. The monoisotopic (exact) mass is 258 g/mol. The number of hydrogen-bond donors (Lipinski definition) is 0. The van der Waals surface area contributed by atoms with Crippen molar-refractivity contribution in [3.8, 4) is 0 Å². The highest BCUT2D eigenvalue weighted by Crippen LogP contribution is 2.30. The summed E-state index contributed by atoms with van der Waals surface area (Å²) >= 11 is 0. The zero-order chi connectivity index (χ0) is 13.9. The summed E-state index contributed by atoms with van der Waals surface area (Å²) in [6, 6.07) is 5.54. The molecule has 18 heavy (non-hydrogen) atoms. The van der Waals surface area contributed by atoms with Crippen LogP contribution in [0.3, 0.4) is 0 Å². The topological polar surface area (TPSA) is 0 Å². The van der Waals surface area contributed by atoms with Crippen molar-refractivity contribution in [1.82, 2.24) is 0 Å². The molecule has 0 unspecified atom stereocenters. The van der Waals surface area contributed by atoms with Crippen LogP contribution in [0.4, 0.5) is 13.2 Å². The second-order valence-electron chi connectivity index (χ2n) is 5.55. The molecule has 0 amide bonds. The van der Waals surface area contributed by atoms with Crippen LogP contribution < -0.4 is 0 Å². The van der Waals surface area contributed by atoms with Gasteiger partial charge < -0.3 is 0 Å². The molecule has 0 spiro atoms. The predicted molar refractivity (Wildman–Crippen MR) is 68.3 cm³/mol. The standard InChI is InChI=1S/C15H21F3/c1-10(2)14(11(3)4)9-12-5-7-13(8-6-12)15(16,17)18/h5-8,10-11,14H,9H2,1-4H3. The summed E-state index contributed by atoms with van der Waals surface area (Å²) in [7, 11) is 0. The Labute approximate surface area is 107 Å². The lowest BCUT2D eigenvalue weighted by Gasteiger charge is -2.25. The first-order valence-corrected chi connectivity index (χ1v) is 6.38. The van der Waals surface area contributed by atoms with Crippen LogP contribution in [0.25, 0.3) is 0 Å². The fraction of sp³-hybridized carbons (Fsp3) is 0.600. The van der Waals surface area contributed by atoms with Crippen LogP contribution in [0.1, 0.15) is 38.8 Å². The molecule has 1 aromatic carbocycles. The quantitative estimate of drug-likeness (QED) is 0.698. The lowest BCUT2D eigenvalue weighted by atomic mass is 9.81. The molecule has 3 heteroatoms. The molecular formula is C15H21F3. The van der Waals surface area contributed by atoms with Crippen LogP contribution in [-0.2, 0) is 12.6 Å². The van der Waals surface area contributed by atoms with Gasteiger partial charge in [-0.2, -0.15) is 13.2 Å². The third-order valence-electron chi connectivity index (χ3n) is 3.47. The van der Waals surface area contributed by atoms with Gasteiger partial charge >= 0.3 is 6.18 Å². The summed E-state index contributed by atoms with van der Waals surface area (Å²) in [6.07, 6.45) is -3.40. The first kappa shape index (κ1) is 15.1. The first-order valence-electron chi connectivity index (χ1n) is 6.38. The van der Waals surface area contributed by atoms with Gasteiger partial charge in [0.25, 0.3) is 0 Å². The summed E-state index contributed by atoms with van der Waals surface area (Å²) in [6.45, 7) is 8.65. The number of alkyl halides is 3. The van der Waals surface area contributed by atoms with E-state index >= 15 is 0 Å². The van der Waals surface area contributed by atoms with Gasteiger partial charge in [0.05, 0.1) is 5.56 Å². The predicted octanol–water partition coefficient (Wildman–Crippen LogP) is 5.18. The molecule has 0 nitrogen and oxygen atoms in total. The van der Waals surface area contributed by atoms with Gasteiger partial charge in [-0.15, -0.1) is 0 Å². The van der Waals surface area contributed by atoms with Crippen LogP contribution in [0.5, 0.6) is 0 Å². The van der Waals surface area contributed by atoms with Gasteiger partial charge in [0.15, 0.2) is 0 Å². The third-order valence-corrected chi connectivity index (χ3v) is 3.47. The van der Waals surface area contributed by atoms with Gasteiger partial charge in [-0.25, -0.2) is 0 Å². The summed E-state index contributed by atoms with van der Waals surface area (Å²) in [5.41, 5.74) is 0.410. The van der Waals surface area contributed by atoms with E-state index in [1.807, 2.05) is 0 Å². The van der Waals surface area contributed by atoms with E-state index in [1.165, 1.54) is 12.1 Å². The van der Waals surface area contributed by atoms with Crippen molar-refractivity contribution in [2.75, 3.05) is 0 Å². The van der Waals surface area contributed by atoms with Crippen molar-refractivity contribution >= 4 is 0 Å². The fourth-order valence-corrected chi connectivity index (χ4v) is 2.34. The van der Waals surface area contributed by atoms with E-state index in [4.69, 9.17) is 0 Å². The number of halogens is 3. The lowest BCUT2D eigenvalue weighted by molar-refractivity contribution is -0.137. The number of benzene rings is 1. The van der Waals surface area contributed by atoms with E-state index in [2.05, 4.69) is 27.7 Å². The molecule has 1 aromatic rings. The Morgan fingerprint density at radius 2 is 1.33 bits per heavy atom. The molecule has 0 aliphatic rings. The Hall–Kier alpha value is -0.990. The van der Waals surface area contributed by atoms with Gasteiger partial charge in [-0.05, 0) is 41.9 Å². The second-order valence-corrected chi connectivity index (χ2v) is 5.55. The van der Waals surface area contributed by atoms with Crippen LogP contribution in [0, 0.1) is 17.8 Å². The van der Waals surface area contributed by atoms with Gasteiger partial charge in [-0.3, -0.25) is 0 Å². The van der Waals surface area contributed by atoms with Gasteiger partial charge in [0, 0.05) is 0 Å². The van der Waals surface area contributed by atoms with E-state index < -0.39 is 11.7 Å². The summed E-state index contributed by atoms with van der Waals surface area (Å²) in [5.74, 6) is 1.57. The SMILES string of the molecule is CC(C)C(Cc1ccc(C(F)(F)F)cc1)C(C)C. The molecule has 0 aliphatic heterocycles. The Kier molecular flexibility index (Phi) is 4.83. The summed E-state index contributed by atoms with van der Waals surface area (Å²) in [4.78, 5) is 0. The second kappa shape index (κ2) is 5.77. The highest BCUT2D eigenvalue weighted by molar-refractivity contribution is 5.25. The summed E-state index contributed by atoms with van der Waals surface area (Å²) in [5, 5.41) is 0. The molecule has 0 aliphatic carbocycles. The van der Waals surface area contributed by atoms with Crippen molar-refractivity contribution in [3.05, 3.63) is 35.4 Å². The Morgan fingerprint density at radius 3 is 1.67 bits per heavy atom. The Balaban J connectivity index is 2.80. The van der Waals surface area contributed by atoms with Crippen LogP contribution in [0.15, 0.2) is 24.3 Å². The molecule has 1 rings (SSSR count). The minimum Gasteiger partial charge on any atom is -0.166 e. The van der Waals surface area contributed by atoms with Crippen molar-refractivity contribution < 1.29 is 13.2 Å². The molecule has 0 heterocycles. The molecule has 0 saturated carbocycles. The molecular weight excluding hydrogens is 237 g/mol. The molecule has 0 fully saturated rings. The Bertz CT molecular complexity index is 352. The lowest BCUT2D eigenvalue weighted by Crippen LogP contribution is -2.18. The van der Waals surface area contributed by atoms with E-state index in [0.717, 1.165) is 12.0 Å². The summed E-state index contributed by atoms with van der Waals surface area (Å²) < 4.78 is 37.3. The molecule has 0 radical (unpaired) electrons. The molecule has 0 atom stereocenters. The highest BCUT2D eigenvalue weighted by atomic mass is 19.4.